The second-order valence-corrected chi connectivity index (χ2v) is 10.1. The molecule has 1 aliphatic heterocycles. The van der Waals surface area contributed by atoms with Crippen LogP contribution in [0.4, 0.5) is 30.2 Å². The molecular formula is C33H31F3N2O4. The number of rotatable bonds is 8. The van der Waals surface area contributed by atoms with E-state index >= 15 is 0 Å². The number of ether oxygens (including phenoxy) is 2. The Balaban J connectivity index is 1.74. The summed E-state index contributed by atoms with van der Waals surface area (Å²) >= 11 is 0. The van der Waals surface area contributed by atoms with E-state index in [1.54, 1.807) is 55.5 Å². The molecular weight excluding hydrogens is 545 g/mol. The molecule has 0 aromatic heterocycles. The fraction of sp³-hybridized carbons (Fsp3) is 0.242. The molecule has 0 bridgehead atoms. The van der Waals surface area contributed by atoms with Crippen LogP contribution in [0.3, 0.4) is 0 Å². The number of alkyl halides is 3. The van der Waals surface area contributed by atoms with Gasteiger partial charge in [-0.25, -0.2) is 4.79 Å². The lowest BCUT2D eigenvalue weighted by Crippen LogP contribution is -2.31. The van der Waals surface area contributed by atoms with E-state index in [2.05, 4.69) is 10.2 Å². The number of benzene rings is 4. The largest absolute Gasteiger partial charge is 0.507 e. The highest BCUT2D eigenvalue weighted by Gasteiger charge is 2.52. The van der Waals surface area contributed by atoms with Crippen LogP contribution in [-0.2, 0) is 16.5 Å². The number of hydrogen-bond acceptors (Lipinski definition) is 6. The number of cyclic esters (lactones) is 1. The Bertz CT molecular complexity index is 1650. The van der Waals surface area contributed by atoms with Crippen LogP contribution in [0.5, 0.6) is 11.5 Å². The smallest absolute Gasteiger partial charge is 0.416 e. The average Bonchev–Trinajstić information content (AvgIpc) is 3.26. The van der Waals surface area contributed by atoms with Crippen LogP contribution in [0.2, 0.25) is 0 Å². The van der Waals surface area contributed by atoms with Gasteiger partial charge in [0.05, 0.1) is 18.2 Å². The first-order valence-electron chi connectivity index (χ1n) is 13.6. The lowest BCUT2D eigenvalue weighted by molar-refractivity contribution is -0.137. The van der Waals surface area contributed by atoms with Crippen LogP contribution in [0.1, 0.15) is 52.0 Å². The SMILES string of the molecule is CCN(CC)c1ccc(C2(c3cc(Nc4cccc(C(F)(F)F)c4)cc(C)c3OC)OC(=O)c3ccccc32)c(O)c1. The topological polar surface area (TPSA) is 71.0 Å². The summed E-state index contributed by atoms with van der Waals surface area (Å²) in [7, 11) is 1.49. The highest BCUT2D eigenvalue weighted by Crippen LogP contribution is 2.53. The van der Waals surface area contributed by atoms with Crippen LogP contribution in [0.25, 0.3) is 0 Å². The standard InChI is InChI=1S/C33H31F3N2O4/c1-5-38(6-2)24-14-15-27(29(39)19-24)32(26-13-8-7-12-25(26)31(40)42-32)28-18-23(16-20(3)30(28)41-4)37-22-11-9-10-21(17-22)33(34,35)36/h7-19,37,39H,5-6H2,1-4H3. The molecule has 9 heteroatoms. The zero-order valence-corrected chi connectivity index (χ0v) is 23.7. The van der Waals surface area contributed by atoms with E-state index in [9.17, 15) is 23.1 Å². The van der Waals surface area contributed by atoms with Crippen molar-refractivity contribution in [1.82, 2.24) is 0 Å². The molecule has 6 nitrogen and oxygen atoms in total. The monoisotopic (exact) mass is 576 g/mol. The third-order valence-electron chi connectivity index (χ3n) is 7.60. The fourth-order valence-electron chi connectivity index (χ4n) is 5.68. The third-order valence-corrected chi connectivity index (χ3v) is 7.60. The number of methoxy groups -OCH3 is 1. The molecule has 1 unspecified atom stereocenters. The maximum atomic E-state index is 13.4. The predicted molar refractivity (Wildman–Crippen MR) is 156 cm³/mol. The molecule has 42 heavy (non-hydrogen) atoms. The normalized spacial score (nSPS) is 16.1. The van der Waals surface area contributed by atoms with E-state index in [0.29, 0.717) is 39.3 Å². The van der Waals surface area contributed by atoms with E-state index in [1.807, 2.05) is 19.9 Å². The minimum atomic E-state index is -4.50. The summed E-state index contributed by atoms with van der Waals surface area (Å²) in [5, 5.41) is 14.6. The van der Waals surface area contributed by atoms with Gasteiger partial charge in [-0.1, -0.05) is 24.3 Å². The Morgan fingerprint density at radius 3 is 2.31 bits per heavy atom. The van der Waals surface area contributed by atoms with Crippen molar-refractivity contribution in [3.63, 3.8) is 0 Å². The van der Waals surface area contributed by atoms with E-state index < -0.39 is 23.3 Å². The van der Waals surface area contributed by atoms with E-state index in [-0.39, 0.29) is 11.4 Å². The van der Waals surface area contributed by atoms with Crippen LogP contribution < -0.4 is 15.0 Å². The molecule has 0 fully saturated rings. The van der Waals surface area contributed by atoms with Gasteiger partial charge in [-0.05, 0) is 74.9 Å². The van der Waals surface area contributed by atoms with E-state index in [4.69, 9.17) is 9.47 Å². The van der Waals surface area contributed by atoms with Crippen molar-refractivity contribution < 1.29 is 32.5 Å². The number of nitrogens with zero attached hydrogens (tertiary/aromatic N) is 1. The predicted octanol–water partition coefficient (Wildman–Crippen LogP) is 7.78. The Labute approximate surface area is 242 Å². The van der Waals surface area contributed by atoms with Gasteiger partial charge in [0, 0.05) is 52.9 Å². The first kappa shape index (κ1) is 28.9. The number of phenols is 1. The van der Waals surface area contributed by atoms with Crippen LogP contribution in [-0.4, -0.2) is 31.3 Å². The molecule has 1 atom stereocenters. The number of phenolic OH excluding ortho intramolecular Hbond substituents is 1. The van der Waals surface area contributed by atoms with Crippen LogP contribution in [0, 0.1) is 6.92 Å². The summed E-state index contributed by atoms with van der Waals surface area (Å²) in [6.07, 6.45) is -4.50. The van der Waals surface area contributed by atoms with Gasteiger partial charge in [-0.15, -0.1) is 0 Å². The van der Waals surface area contributed by atoms with Gasteiger partial charge in [-0.3, -0.25) is 0 Å². The van der Waals surface area contributed by atoms with Crippen molar-refractivity contribution in [2.24, 2.45) is 0 Å². The minimum absolute atomic E-state index is 0.0835. The summed E-state index contributed by atoms with van der Waals surface area (Å²) in [6.45, 7) is 7.28. The van der Waals surface area contributed by atoms with Gasteiger partial charge in [0.25, 0.3) is 0 Å². The van der Waals surface area contributed by atoms with E-state index in [1.165, 1.54) is 19.2 Å². The molecule has 4 aromatic carbocycles. The molecule has 1 heterocycles. The van der Waals surface area contributed by atoms with Crippen molar-refractivity contribution in [3.05, 3.63) is 112 Å². The molecule has 0 radical (unpaired) electrons. The zero-order chi connectivity index (χ0) is 30.2. The summed E-state index contributed by atoms with van der Waals surface area (Å²) < 4.78 is 52.2. The minimum Gasteiger partial charge on any atom is -0.507 e. The summed E-state index contributed by atoms with van der Waals surface area (Å²) in [6, 6.07) is 20.5. The maximum Gasteiger partial charge on any atom is 0.416 e. The molecule has 218 valence electrons. The Morgan fingerprint density at radius 1 is 0.905 bits per heavy atom. The number of aryl methyl sites for hydroxylation is 1. The highest BCUT2D eigenvalue weighted by molar-refractivity contribution is 5.97. The van der Waals surface area contributed by atoms with Gasteiger partial charge in [0.15, 0.2) is 5.60 Å². The second kappa shape index (κ2) is 11.0. The first-order chi connectivity index (χ1) is 20.0. The van der Waals surface area contributed by atoms with Gasteiger partial charge in [0.1, 0.15) is 11.5 Å². The van der Waals surface area contributed by atoms with Crippen LogP contribution in [0.15, 0.2) is 78.9 Å². The van der Waals surface area contributed by atoms with E-state index in [0.717, 1.165) is 30.9 Å². The number of aromatic hydroxyl groups is 1. The first-order valence-corrected chi connectivity index (χ1v) is 13.6. The average molecular weight is 577 g/mol. The molecule has 0 aliphatic carbocycles. The van der Waals surface area contributed by atoms with Crippen molar-refractivity contribution in [3.8, 4) is 11.5 Å². The zero-order valence-electron chi connectivity index (χ0n) is 23.7. The number of anilines is 3. The number of carbonyl (C=O) groups is 1. The van der Waals surface area contributed by atoms with Gasteiger partial charge in [0.2, 0.25) is 0 Å². The summed E-state index contributed by atoms with van der Waals surface area (Å²) in [5.74, 6) is -0.255. The Hall–Kier alpha value is -4.66. The number of fused-ring (bicyclic) bond motifs is 1. The molecule has 0 spiro atoms. The summed E-state index contributed by atoms with van der Waals surface area (Å²) in [5.41, 5.74) is 1.30. The Kier molecular flexibility index (Phi) is 7.53. The molecule has 0 amide bonds. The van der Waals surface area contributed by atoms with Crippen molar-refractivity contribution in [1.29, 1.82) is 0 Å². The lowest BCUT2D eigenvalue weighted by atomic mass is 9.78. The molecule has 4 aromatic rings. The third kappa shape index (κ3) is 4.89. The van der Waals surface area contributed by atoms with Gasteiger partial charge < -0.3 is 24.8 Å². The lowest BCUT2D eigenvalue weighted by Gasteiger charge is -2.33. The molecule has 0 saturated heterocycles. The van der Waals surface area contributed by atoms with Crippen molar-refractivity contribution in [2.45, 2.75) is 32.5 Å². The number of esters is 1. The van der Waals surface area contributed by atoms with Gasteiger partial charge in [-0.2, -0.15) is 13.2 Å². The van der Waals surface area contributed by atoms with Gasteiger partial charge >= 0.3 is 12.1 Å². The number of hydrogen-bond donors (Lipinski definition) is 2. The maximum absolute atomic E-state index is 13.4. The number of halogens is 3. The number of nitrogens with one attached hydrogen (secondary N) is 1. The molecule has 0 saturated carbocycles. The Morgan fingerprint density at radius 2 is 1.64 bits per heavy atom. The highest BCUT2D eigenvalue weighted by atomic mass is 19.4. The van der Waals surface area contributed by atoms with Crippen LogP contribution >= 0.6 is 0 Å². The summed E-state index contributed by atoms with van der Waals surface area (Å²) in [4.78, 5) is 15.4. The fourth-order valence-corrected chi connectivity index (χ4v) is 5.68. The molecule has 5 rings (SSSR count). The number of carbonyl (C=O) groups excluding carboxylic acids is 1. The molecule has 1 aliphatic rings. The quantitative estimate of drug-likeness (QED) is 0.209. The van der Waals surface area contributed by atoms with Crippen molar-refractivity contribution >= 4 is 23.0 Å². The van der Waals surface area contributed by atoms with Crippen molar-refractivity contribution in [2.75, 3.05) is 30.4 Å². The second-order valence-electron chi connectivity index (χ2n) is 10.1. The molecule has 2 N–H and O–H groups in total.